The maximum Gasteiger partial charge on any atom is 0.338 e. The van der Waals surface area contributed by atoms with Gasteiger partial charge in [-0.05, 0) is 81.5 Å². The molecule has 2 unspecified atom stereocenters. The molecule has 2 saturated heterocycles. The van der Waals surface area contributed by atoms with Crippen molar-refractivity contribution in [2.24, 2.45) is 27.7 Å². The minimum absolute atomic E-state index is 0.124. The van der Waals surface area contributed by atoms with Crippen LogP contribution in [0.4, 0.5) is 8.78 Å². The van der Waals surface area contributed by atoms with E-state index in [0.717, 1.165) is 0 Å². The molecule has 3 N–H and O–H groups in total. The summed E-state index contributed by atoms with van der Waals surface area (Å²) in [4.78, 5) is 44.5. The molecule has 0 radical (unpaired) electrons. The number of methoxy groups -OCH3 is 2. The Morgan fingerprint density at radius 2 is 1.07 bits per heavy atom. The van der Waals surface area contributed by atoms with Crippen LogP contribution in [0, 0.1) is 29.4 Å². The number of rotatable bonds is 12. The molecule has 17 nitrogen and oxygen atoms in total. The van der Waals surface area contributed by atoms with Crippen molar-refractivity contribution in [2.75, 3.05) is 40.4 Å². The molecule has 2 aromatic carbocycles. The normalized spacial score (nSPS) is 25.3. The van der Waals surface area contributed by atoms with Gasteiger partial charge in [-0.25, -0.2) is 53.8 Å². The number of carbonyl (C=O) groups excluding carboxylic acids is 2. The Kier molecular flexibility index (Phi) is 16.4. The number of piperidine rings is 2. The second-order valence-electron chi connectivity index (χ2n) is 19.0. The highest BCUT2D eigenvalue weighted by Crippen LogP contribution is 2.43. The second-order valence-corrected chi connectivity index (χ2v) is 26.1. The van der Waals surface area contributed by atoms with Crippen molar-refractivity contribution in [1.82, 2.24) is 29.2 Å². The van der Waals surface area contributed by atoms with Gasteiger partial charge in [-0.2, -0.15) is 0 Å². The fraction of sp³-hybridized carbons (Fsp3) is 0.469. The number of aliphatic imine (C=N–C) groups is 2. The maximum atomic E-state index is 13.8. The molecule has 2 atom stereocenters. The highest BCUT2D eigenvalue weighted by atomic mass is 35.5. The Balaban J connectivity index is 0.000000182. The van der Waals surface area contributed by atoms with Gasteiger partial charge in [0, 0.05) is 93.7 Å². The number of benzene rings is 2. The number of carbonyl (C=O) groups is 2. The van der Waals surface area contributed by atoms with Crippen molar-refractivity contribution >= 4 is 89.5 Å². The van der Waals surface area contributed by atoms with Crippen molar-refractivity contribution in [3.8, 4) is 0 Å². The third-order valence-electron chi connectivity index (χ3n) is 14.4. The lowest BCUT2D eigenvalue weighted by atomic mass is 9.86. The molecular formula is C49H54Cl2F2N8O9S4. The number of esters is 2. The first-order chi connectivity index (χ1) is 35.4. The molecule has 396 valence electrons. The molecule has 6 aliphatic rings. The van der Waals surface area contributed by atoms with E-state index in [1.165, 1.54) is 77.6 Å². The predicted molar refractivity (Wildman–Crippen MR) is 278 cm³/mol. The van der Waals surface area contributed by atoms with Crippen LogP contribution in [0.5, 0.6) is 0 Å². The Morgan fingerprint density at radius 1 is 0.676 bits per heavy atom. The Labute approximate surface area is 445 Å². The number of aliphatic hydroxyl groups excluding tert-OH is 1. The first-order valence-corrected chi connectivity index (χ1v) is 29.6. The molecule has 4 aliphatic heterocycles. The highest BCUT2D eigenvalue weighted by Gasteiger charge is 2.46. The molecule has 4 aromatic rings. The summed E-state index contributed by atoms with van der Waals surface area (Å²) in [5.74, 6) is -1.17. The van der Waals surface area contributed by atoms with Crippen molar-refractivity contribution in [3.05, 3.63) is 125 Å². The van der Waals surface area contributed by atoms with Gasteiger partial charge in [0.1, 0.15) is 23.7 Å². The monoisotopic (exact) mass is 1130 g/mol. The average Bonchev–Trinajstić information content (AvgIpc) is 4.13. The molecule has 2 aromatic heterocycles. The molecule has 74 heavy (non-hydrogen) atoms. The number of halogens is 4. The standard InChI is InChI=1S/C25H28ClFN4O4S2.C24H26ClFN4O5S2/c1-14-11-17(12-14)37(33,34)31-8-5-15(6-9-31)21-20(25(32)35-2)22(18-4-3-16(27)13-19(18)26)30-23(29-21)24-28-7-10-36-24;1-35-24(32)19-20(13-4-7-30(8-5-13)37(33,34)16-11-15(31)12-16)28-22(23-27-6-9-36-23)29-21(19)17-3-2-14(26)10-18(17)25/h3-4,7,10,13-15,17,22H,5-6,8-9,11-12H2,1-2H3,(H,29,30);2-3,6,9-10,13,15-16,21,31H,4-5,7-8,11-12H2,1H3,(H,28,29). The first kappa shape index (κ1) is 54.1. The van der Waals surface area contributed by atoms with Crippen LogP contribution in [0.3, 0.4) is 0 Å². The molecular weight excluding hydrogens is 1080 g/mol. The summed E-state index contributed by atoms with van der Waals surface area (Å²) < 4.78 is 93.1. The largest absolute Gasteiger partial charge is 0.466 e. The third-order valence-corrected chi connectivity index (χ3v) is 21.3. The van der Waals surface area contributed by atoms with Gasteiger partial charge >= 0.3 is 11.9 Å². The van der Waals surface area contributed by atoms with Gasteiger partial charge in [-0.3, -0.25) is 9.98 Å². The summed E-state index contributed by atoms with van der Waals surface area (Å²) >= 11 is 15.6. The fourth-order valence-electron chi connectivity index (χ4n) is 10.3. The van der Waals surface area contributed by atoms with Crippen molar-refractivity contribution in [3.63, 3.8) is 0 Å². The van der Waals surface area contributed by atoms with E-state index in [9.17, 15) is 40.3 Å². The molecule has 0 amide bonds. The van der Waals surface area contributed by atoms with Crippen molar-refractivity contribution < 1.29 is 49.8 Å². The molecule has 25 heteroatoms. The van der Waals surface area contributed by atoms with Gasteiger partial charge in [0.15, 0.2) is 21.7 Å². The van der Waals surface area contributed by atoms with E-state index in [1.807, 2.05) is 5.38 Å². The second kappa shape index (κ2) is 22.5. The number of nitrogens with one attached hydrogen (secondary N) is 2. The first-order valence-electron chi connectivity index (χ1n) is 24.1. The number of hydrogen-bond acceptors (Lipinski definition) is 17. The Hall–Kier alpha value is -4.72. The van der Waals surface area contributed by atoms with Crippen LogP contribution in [0.15, 0.2) is 92.1 Å². The van der Waals surface area contributed by atoms with Crippen LogP contribution in [0.1, 0.15) is 91.5 Å². The average molecular weight is 1140 g/mol. The zero-order valence-electron chi connectivity index (χ0n) is 40.4. The van der Waals surface area contributed by atoms with Crippen LogP contribution >= 0.6 is 45.9 Å². The zero-order valence-corrected chi connectivity index (χ0v) is 45.2. The number of thiazole rings is 2. The van der Waals surface area contributed by atoms with Gasteiger partial charge in [-0.15, -0.1) is 22.7 Å². The number of hydrogen-bond donors (Lipinski definition) is 3. The summed E-state index contributed by atoms with van der Waals surface area (Å²) in [5.41, 5.74) is 2.64. The molecule has 0 bridgehead atoms. The number of allylic oxidation sites excluding steroid dienone is 2. The van der Waals surface area contributed by atoms with E-state index in [1.54, 1.807) is 22.1 Å². The van der Waals surface area contributed by atoms with Crippen molar-refractivity contribution in [2.45, 2.75) is 87.0 Å². The molecule has 6 heterocycles. The van der Waals surface area contributed by atoms with Crippen LogP contribution in [-0.2, 0) is 39.1 Å². The van der Waals surface area contributed by atoms with Crippen molar-refractivity contribution in [1.29, 1.82) is 0 Å². The van der Waals surface area contributed by atoms with E-state index in [-0.39, 0.29) is 64.2 Å². The number of aliphatic hydroxyl groups is 1. The van der Waals surface area contributed by atoms with Crippen LogP contribution in [-0.4, -0.2) is 121 Å². The van der Waals surface area contributed by atoms with Crippen LogP contribution in [0.25, 0.3) is 0 Å². The molecule has 4 fully saturated rings. The maximum absolute atomic E-state index is 13.8. The quantitative estimate of drug-likeness (QED) is 0.119. The van der Waals surface area contributed by atoms with Gasteiger partial charge < -0.3 is 25.2 Å². The summed E-state index contributed by atoms with van der Waals surface area (Å²) in [7, 11) is -4.26. The minimum atomic E-state index is -3.50. The summed E-state index contributed by atoms with van der Waals surface area (Å²) in [6, 6.07) is 6.22. The van der Waals surface area contributed by atoms with E-state index in [4.69, 9.17) is 42.7 Å². The van der Waals surface area contributed by atoms with E-state index < -0.39 is 67.1 Å². The Bertz CT molecular complexity index is 2910. The zero-order chi connectivity index (χ0) is 52.6. The molecule has 2 saturated carbocycles. The molecule has 0 spiro atoms. The summed E-state index contributed by atoms with van der Waals surface area (Å²) in [6.45, 7) is 3.36. The summed E-state index contributed by atoms with van der Waals surface area (Å²) in [6.07, 6.45) is 6.65. The third kappa shape index (κ3) is 11.1. The van der Waals surface area contributed by atoms with E-state index in [2.05, 4.69) is 27.5 Å². The number of amidine groups is 2. The van der Waals surface area contributed by atoms with Gasteiger partial charge in [0.2, 0.25) is 20.0 Å². The molecule has 2 aliphatic carbocycles. The summed E-state index contributed by atoms with van der Waals surface area (Å²) in [5, 5.41) is 20.4. The predicted octanol–water partition coefficient (Wildman–Crippen LogP) is 7.31. The van der Waals surface area contributed by atoms with Gasteiger partial charge in [0.25, 0.3) is 0 Å². The number of nitrogens with zero attached hydrogens (tertiary/aromatic N) is 6. The number of aromatic nitrogens is 2. The molecule has 10 rings (SSSR count). The lowest BCUT2D eigenvalue weighted by Crippen LogP contribution is -2.50. The lowest BCUT2D eigenvalue weighted by Gasteiger charge is -2.40. The van der Waals surface area contributed by atoms with E-state index >= 15 is 0 Å². The van der Waals surface area contributed by atoms with Crippen LogP contribution in [0.2, 0.25) is 10.0 Å². The Morgan fingerprint density at radius 3 is 1.39 bits per heavy atom. The SMILES string of the molecule is COC(=O)C1=C(C2CCN(S(=O)(=O)C3CC(C)C3)CC2)NC(c2nccs2)=NC1c1ccc(F)cc1Cl.COC(=O)C1=C(C2CCN(S(=O)(=O)C3CC(O)C3)CC2)NC(c2nccs2)=NC1c1ccc(F)cc1Cl. The lowest BCUT2D eigenvalue weighted by molar-refractivity contribution is -0.137. The van der Waals surface area contributed by atoms with Crippen LogP contribution < -0.4 is 10.6 Å². The smallest absolute Gasteiger partial charge is 0.338 e. The number of ether oxygens (including phenoxy) is 2. The van der Waals surface area contributed by atoms with E-state index in [0.29, 0.717) is 102 Å². The minimum Gasteiger partial charge on any atom is -0.466 e. The highest BCUT2D eigenvalue weighted by molar-refractivity contribution is 7.90. The fourth-order valence-corrected chi connectivity index (χ4v) is 16.4. The van der Waals surface area contributed by atoms with Gasteiger partial charge in [-0.1, -0.05) is 42.3 Å². The number of sulfonamides is 2. The topological polar surface area (TPSA) is 222 Å². The van der Waals surface area contributed by atoms with Gasteiger partial charge in [0.05, 0.1) is 42.0 Å².